The number of rotatable bonds is 5. The Morgan fingerprint density at radius 2 is 1.87 bits per heavy atom. The van der Waals surface area contributed by atoms with Crippen molar-refractivity contribution in [3.63, 3.8) is 0 Å². The SMILES string of the molecule is CCC(=O)Nc1cccc(NC(=O)c2c(C)noc2C(C)C)c1. The predicted molar refractivity (Wildman–Crippen MR) is 88.6 cm³/mol. The van der Waals surface area contributed by atoms with Crippen LogP contribution >= 0.6 is 0 Å². The molecule has 0 saturated carbocycles. The first kappa shape index (κ1) is 16.7. The van der Waals surface area contributed by atoms with Crippen LogP contribution in [0.2, 0.25) is 0 Å². The van der Waals surface area contributed by atoms with E-state index in [-0.39, 0.29) is 17.7 Å². The average Bonchev–Trinajstić information content (AvgIpc) is 2.89. The fraction of sp³-hybridized carbons (Fsp3) is 0.353. The highest BCUT2D eigenvalue weighted by molar-refractivity contribution is 6.06. The van der Waals surface area contributed by atoms with Crippen molar-refractivity contribution in [2.45, 2.75) is 40.0 Å². The van der Waals surface area contributed by atoms with Gasteiger partial charge in [-0.25, -0.2) is 0 Å². The van der Waals surface area contributed by atoms with Gasteiger partial charge in [-0.1, -0.05) is 32.0 Å². The maximum absolute atomic E-state index is 12.5. The fourth-order valence-electron chi connectivity index (χ4n) is 2.18. The number of hydrogen-bond acceptors (Lipinski definition) is 4. The second-order valence-electron chi connectivity index (χ2n) is 5.60. The summed E-state index contributed by atoms with van der Waals surface area (Å²) in [6.45, 7) is 7.40. The summed E-state index contributed by atoms with van der Waals surface area (Å²) in [5.74, 6) is 0.277. The molecule has 122 valence electrons. The second kappa shape index (κ2) is 7.09. The Balaban J connectivity index is 2.19. The molecule has 2 aromatic rings. The Hall–Kier alpha value is -2.63. The van der Waals surface area contributed by atoms with Crippen LogP contribution in [0.25, 0.3) is 0 Å². The number of carbonyl (C=O) groups excluding carboxylic acids is 2. The molecule has 6 heteroatoms. The summed E-state index contributed by atoms with van der Waals surface area (Å²) in [4.78, 5) is 24.0. The quantitative estimate of drug-likeness (QED) is 0.881. The van der Waals surface area contributed by atoms with E-state index >= 15 is 0 Å². The van der Waals surface area contributed by atoms with Gasteiger partial charge in [0.1, 0.15) is 5.56 Å². The van der Waals surface area contributed by atoms with Crippen molar-refractivity contribution >= 4 is 23.2 Å². The highest BCUT2D eigenvalue weighted by Gasteiger charge is 2.22. The maximum atomic E-state index is 12.5. The minimum absolute atomic E-state index is 0.0622. The molecule has 2 N–H and O–H groups in total. The first-order chi connectivity index (χ1) is 10.9. The highest BCUT2D eigenvalue weighted by atomic mass is 16.5. The molecule has 0 bridgehead atoms. The van der Waals surface area contributed by atoms with Gasteiger partial charge in [-0.3, -0.25) is 9.59 Å². The number of carbonyl (C=O) groups is 2. The zero-order valence-corrected chi connectivity index (χ0v) is 13.8. The van der Waals surface area contributed by atoms with Crippen LogP contribution in [0.3, 0.4) is 0 Å². The van der Waals surface area contributed by atoms with E-state index in [0.29, 0.717) is 34.8 Å². The number of amides is 2. The summed E-state index contributed by atoms with van der Waals surface area (Å²) < 4.78 is 5.24. The fourth-order valence-corrected chi connectivity index (χ4v) is 2.18. The molecule has 1 aromatic carbocycles. The van der Waals surface area contributed by atoms with Gasteiger partial charge in [-0.2, -0.15) is 0 Å². The van der Waals surface area contributed by atoms with Gasteiger partial charge >= 0.3 is 0 Å². The minimum atomic E-state index is -0.272. The molecule has 0 fully saturated rings. The van der Waals surface area contributed by atoms with Gasteiger partial charge in [-0.15, -0.1) is 0 Å². The molecule has 0 aliphatic rings. The summed E-state index contributed by atoms with van der Waals surface area (Å²) in [6, 6.07) is 7.01. The van der Waals surface area contributed by atoms with Crippen LogP contribution in [-0.2, 0) is 4.79 Å². The van der Waals surface area contributed by atoms with E-state index in [1.807, 2.05) is 13.8 Å². The summed E-state index contributed by atoms with van der Waals surface area (Å²) in [7, 11) is 0. The van der Waals surface area contributed by atoms with E-state index in [2.05, 4.69) is 15.8 Å². The third-order valence-electron chi connectivity index (χ3n) is 3.37. The predicted octanol–water partition coefficient (Wildman–Crippen LogP) is 3.71. The van der Waals surface area contributed by atoms with Crippen molar-refractivity contribution in [1.82, 2.24) is 5.16 Å². The molecule has 0 aliphatic heterocycles. The van der Waals surface area contributed by atoms with Gasteiger partial charge in [0, 0.05) is 23.7 Å². The normalized spacial score (nSPS) is 10.7. The molecule has 2 amide bonds. The van der Waals surface area contributed by atoms with Gasteiger partial charge in [0.05, 0.1) is 5.69 Å². The van der Waals surface area contributed by atoms with E-state index in [9.17, 15) is 9.59 Å². The minimum Gasteiger partial charge on any atom is -0.360 e. The second-order valence-corrected chi connectivity index (χ2v) is 5.60. The Labute approximate surface area is 135 Å². The Morgan fingerprint density at radius 3 is 2.48 bits per heavy atom. The van der Waals surface area contributed by atoms with Crippen LogP contribution in [0.1, 0.15) is 54.9 Å². The number of hydrogen-bond donors (Lipinski definition) is 2. The molecule has 1 aromatic heterocycles. The molecule has 23 heavy (non-hydrogen) atoms. The standard InChI is InChI=1S/C17H21N3O3/c1-5-14(21)18-12-7-6-8-13(9-12)19-17(22)15-11(4)20-23-16(15)10(2)3/h6-10H,5H2,1-4H3,(H,18,21)(H,19,22). The Morgan fingerprint density at radius 1 is 1.22 bits per heavy atom. The van der Waals surface area contributed by atoms with Crippen LogP contribution < -0.4 is 10.6 Å². The van der Waals surface area contributed by atoms with Crippen LogP contribution in [0, 0.1) is 6.92 Å². The van der Waals surface area contributed by atoms with Crippen molar-refractivity contribution in [1.29, 1.82) is 0 Å². The van der Waals surface area contributed by atoms with Crippen molar-refractivity contribution < 1.29 is 14.1 Å². The van der Waals surface area contributed by atoms with E-state index in [4.69, 9.17) is 4.52 Å². The molecule has 1 heterocycles. The largest absolute Gasteiger partial charge is 0.360 e. The summed E-state index contributed by atoms with van der Waals surface area (Å²) >= 11 is 0. The third kappa shape index (κ3) is 3.97. The molecule has 6 nitrogen and oxygen atoms in total. The van der Waals surface area contributed by atoms with Crippen LogP contribution in [0.4, 0.5) is 11.4 Å². The van der Waals surface area contributed by atoms with Gasteiger partial charge in [0.15, 0.2) is 5.76 Å². The molecule has 2 rings (SSSR count). The van der Waals surface area contributed by atoms with Crippen molar-refractivity contribution in [2.24, 2.45) is 0 Å². The van der Waals surface area contributed by atoms with Gasteiger partial charge in [0.2, 0.25) is 5.91 Å². The zero-order valence-electron chi connectivity index (χ0n) is 13.8. The molecular weight excluding hydrogens is 294 g/mol. The Kier molecular flexibility index (Phi) is 5.16. The molecule has 0 aliphatic carbocycles. The number of nitrogens with zero attached hydrogens (tertiary/aromatic N) is 1. The van der Waals surface area contributed by atoms with E-state index < -0.39 is 0 Å². The number of nitrogens with one attached hydrogen (secondary N) is 2. The Bertz CT molecular complexity index is 720. The van der Waals surface area contributed by atoms with E-state index in [1.54, 1.807) is 38.1 Å². The maximum Gasteiger partial charge on any atom is 0.261 e. The number of aromatic nitrogens is 1. The first-order valence-corrected chi connectivity index (χ1v) is 7.59. The topological polar surface area (TPSA) is 84.2 Å². The summed E-state index contributed by atoms with van der Waals surface area (Å²) in [5, 5.41) is 9.46. The molecule has 0 radical (unpaired) electrons. The smallest absolute Gasteiger partial charge is 0.261 e. The van der Waals surface area contributed by atoms with Crippen LogP contribution in [0.15, 0.2) is 28.8 Å². The third-order valence-corrected chi connectivity index (χ3v) is 3.37. The lowest BCUT2D eigenvalue weighted by atomic mass is 10.0. The van der Waals surface area contributed by atoms with Crippen LogP contribution in [-0.4, -0.2) is 17.0 Å². The summed E-state index contributed by atoms with van der Waals surface area (Å²) in [6.07, 6.45) is 0.397. The lowest BCUT2D eigenvalue weighted by Gasteiger charge is -2.09. The zero-order chi connectivity index (χ0) is 17.0. The van der Waals surface area contributed by atoms with Crippen LogP contribution in [0.5, 0.6) is 0 Å². The lowest BCUT2D eigenvalue weighted by molar-refractivity contribution is -0.115. The van der Waals surface area contributed by atoms with Crippen molar-refractivity contribution in [2.75, 3.05) is 10.6 Å². The van der Waals surface area contributed by atoms with Gasteiger partial charge in [-0.05, 0) is 25.1 Å². The average molecular weight is 315 g/mol. The monoisotopic (exact) mass is 315 g/mol. The molecule has 0 spiro atoms. The highest BCUT2D eigenvalue weighted by Crippen LogP contribution is 2.24. The van der Waals surface area contributed by atoms with Gasteiger partial charge in [0.25, 0.3) is 5.91 Å². The van der Waals surface area contributed by atoms with E-state index in [1.165, 1.54) is 0 Å². The molecular formula is C17H21N3O3. The molecule has 0 saturated heterocycles. The molecule has 0 unspecified atom stereocenters. The number of benzene rings is 1. The lowest BCUT2D eigenvalue weighted by Crippen LogP contribution is -2.15. The first-order valence-electron chi connectivity index (χ1n) is 7.59. The van der Waals surface area contributed by atoms with Gasteiger partial charge < -0.3 is 15.2 Å². The molecule has 0 atom stereocenters. The number of aryl methyl sites for hydroxylation is 1. The summed E-state index contributed by atoms with van der Waals surface area (Å²) in [5.41, 5.74) is 2.25. The van der Waals surface area contributed by atoms with E-state index in [0.717, 1.165) is 0 Å². The van der Waals surface area contributed by atoms with Crippen molar-refractivity contribution in [3.05, 3.63) is 41.3 Å². The number of anilines is 2. The van der Waals surface area contributed by atoms with Crippen molar-refractivity contribution in [3.8, 4) is 0 Å².